The topological polar surface area (TPSA) is 80.3 Å². The van der Waals surface area contributed by atoms with E-state index in [1.54, 1.807) is 18.2 Å². The molecule has 2 amide bonds. The predicted octanol–water partition coefficient (Wildman–Crippen LogP) is 4.53. The van der Waals surface area contributed by atoms with Gasteiger partial charge in [0.05, 0.1) is 5.56 Å². The molecule has 2 aromatic carbocycles. The van der Waals surface area contributed by atoms with Gasteiger partial charge in [0, 0.05) is 31.4 Å². The third-order valence-corrected chi connectivity index (χ3v) is 4.85. The van der Waals surface area contributed by atoms with Crippen molar-refractivity contribution in [3.63, 3.8) is 0 Å². The number of carbonyl (C=O) groups is 2. The van der Waals surface area contributed by atoms with Crippen LogP contribution in [0.2, 0.25) is 0 Å². The van der Waals surface area contributed by atoms with E-state index in [0.717, 1.165) is 11.6 Å². The van der Waals surface area contributed by atoms with Gasteiger partial charge in [-0.2, -0.15) is 13.2 Å². The molecule has 0 aliphatic heterocycles. The standard InChI is InChI=1S/C24H22F3N3O3/c1-15-3-6-17(13-20(15)24(25,26)27)22(31)30-11-9-16-4-7-18(8-5-16)33-19-10-12-29-21(14-19)23(32)28-2/h3-8,10,12-14H,9,11H2,1-2H3,(H,28,32)(H,30,31). The fourth-order valence-electron chi connectivity index (χ4n) is 3.08. The summed E-state index contributed by atoms with van der Waals surface area (Å²) in [5.74, 6) is 0.124. The van der Waals surface area contributed by atoms with Gasteiger partial charge < -0.3 is 15.4 Å². The Morgan fingerprint density at radius 3 is 2.36 bits per heavy atom. The number of aryl methyl sites for hydroxylation is 1. The van der Waals surface area contributed by atoms with Crippen LogP contribution in [0.4, 0.5) is 13.2 Å². The molecule has 2 N–H and O–H groups in total. The molecule has 0 radical (unpaired) electrons. The number of rotatable bonds is 7. The van der Waals surface area contributed by atoms with Gasteiger partial charge in [0.15, 0.2) is 0 Å². The van der Waals surface area contributed by atoms with E-state index >= 15 is 0 Å². The maximum Gasteiger partial charge on any atom is 0.416 e. The maximum atomic E-state index is 13.0. The number of ether oxygens (including phenoxy) is 1. The first-order valence-electron chi connectivity index (χ1n) is 10.1. The molecule has 1 aromatic heterocycles. The molecule has 3 aromatic rings. The molecule has 3 rings (SSSR count). The van der Waals surface area contributed by atoms with Crippen LogP contribution in [-0.4, -0.2) is 30.4 Å². The SMILES string of the molecule is CNC(=O)c1cc(Oc2ccc(CCNC(=O)c3ccc(C)c(C(F)(F)F)c3)cc2)ccn1. The van der Waals surface area contributed by atoms with E-state index in [1.807, 2.05) is 12.1 Å². The van der Waals surface area contributed by atoms with Crippen molar-refractivity contribution in [2.45, 2.75) is 19.5 Å². The first-order chi connectivity index (χ1) is 15.7. The number of pyridine rings is 1. The number of benzene rings is 2. The molecular weight excluding hydrogens is 435 g/mol. The maximum absolute atomic E-state index is 13.0. The van der Waals surface area contributed by atoms with E-state index in [4.69, 9.17) is 4.74 Å². The summed E-state index contributed by atoms with van der Waals surface area (Å²) in [6, 6.07) is 13.8. The minimum Gasteiger partial charge on any atom is -0.457 e. The molecule has 0 saturated heterocycles. The highest BCUT2D eigenvalue weighted by Gasteiger charge is 2.32. The van der Waals surface area contributed by atoms with Crippen LogP contribution in [0, 0.1) is 6.92 Å². The first kappa shape index (κ1) is 23.8. The van der Waals surface area contributed by atoms with Crippen molar-refractivity contribution in [1.29, 1.82) is 0 Å². The van der Waals surface area contributed by atoms with Crippen molar-refractivity contribution in [2.75, 3.05) is 13.6 Å². The highest BCUT2D eigenvalue weighted by molar-refractivity contribution is 5.94. The summed E-state index contributed by atoms with van der Waals surface area (Å²) in [5, 5.41) is 5.13. The van der Waals surface area contributed by atoms with E-state index in [2.05, 4.69) is 15.6 Å². The van der Waals surface area contributed by atoms with Crippen LogP contribution in [0.5, 0.6) is 11.5 Å². The zero-order chi connectivity index (χ0) is 24.0. The minimum atomic E-state index is -4.51. The largest absolute Gasteiger partial charge is 0.457 e. The number of carbonyl (C=O) groups excluding carboxylic acids is 2. The Balaban J connectivity index is 1.55. The quantitative estimate of drug-likeness (QED) is 0.546. The van der Waals surface area contributed by atoms with E-state index in [1.165, 1.54) is 38.4 Å². The molecule has 33 heavy (non-hydrogen) atoms. The van der Waals surface area contributed by atoms with Crippen LogP contribution in [-0.2, 0) is 12.6 Å². The summed E-state index contributed by atoms with van der Waals surface area (Å²) in [4.78, 5) is 27.9. The molecule has 0 unspecified atom stereocenters. The Bertz CT molecular complexity index is 1150. The molecule has 0 spiro atoms. The molecule has 0 fully saturated rings. The molecule has 0 atom stereocenters. The Morgan fingerprint density at radius 1 is 0.970 bits per heavy atom. The molecule has 0 aliphatic carbocycles. The highest BCUT2D eigenvalue weighted by Crippen LogP contribution is 2.32. The lowest BCUT2D eigenvalue weighted by Crippen LogP contribution is -2.26. The number of hydrogen-bond acceptors (Lipinski definition) is 4. The van der Waals surface area contributed by atoms with Gasteiger partial charge in [-0.25, -0.2) is 0 Å². The highest BCUT2D eigenvalue weighted by atomic mass is 19.4. The summed E-state index contributed by atoms with van der Waals surface area (Å²) < 4.78 is 44.9. The monoisotopic (exact) mass is 457 g/mol. The van der Waals surface area contributed by atoms with Gasteiger partial charge in [0.25, 0.3) is 11.8 Å². The van der Waals surface area contributed by atoms with E-state index in [0.29, 0.717) is 17.9 Å². The van der Waals surface area contributed by atoms with Gasteiger partial charge in [0.1, 0.15) is 17.2 Å². The lowest BCUT2D eigenvalue weighted by Gasteiger charge is -2.12. The average molecular weight is 457 g/mol. The van der Waals surface area contributed by atoms with Gasteiger partial charge in [-0.05, 0) is 54.8 Å². The Morgan fingerprint density at radius 2 is 1.70 bits per heavy atom. The van der Waals surface area contributed by atoms with E-state index in [9.17, 15) is 22.8 Å². The fraction of sp³-hybridized carbons (Fsp3) is 0.208. The van der Waals surface area contributed by atoms with Crippen molar-refractivity contribution < 1.29 is 27.5 Å². The summed E-state index contributed by atoms with van der Waals surface area (Å²) in [6.07, 6.45) is -2.55. The molecule has 172 valence electrons. The average Bonchev–Trinajstić information content (AvgIpc) is 2.79. The second-order valence-electron chi connectivity index (χ2n) is 7.24. The molecular formula is C24H22F3N3O3. The van der Waals surface area contributed by atoms with Crippen molar-refractivity contribution in [1.82, 2.24) is 15.6 Å². The Kier molecular flexibility index (Phi) is 7.32. The zero-order valence-electron chi connectivity index (χ0n) is 18.0. The van der Waals surface area contributed by atoms with Crippen LogP contribution < -0.4 is 15.4 Å². The lowest BCUT2D eigenvalue weighted by molar-refractivity contribution is -0.138. The van der Waals surface area contributed by atoms with Crippen LogP contribution in [0.3, 0.4) is 0 Å². The number of hydrogen-bond donors (Lipinski definition) is 2. The molecule has 0 saturated carbocycles. The number of aromatic nitrogens is 1. The zero-order valence-corrected chi connectivity index (χ0v) is 18.0. The third-order valence-electron chi connectivity index (χ3n) is 4.85. The van der Waals surface area contributed by atoms with Crippen LogP contribution in [0.25, 0.3) is 0 Å². The van der Waals surface area contributed by atoms with Crippen LogP contribution in [0.1, 0.15) is 37.5 Å². The van der Waals surface area contributed by atoms with Crippen LogP contribution >= 0.6 is 0 Å². The summed E-state index contributed by atoms with van der Waals surface area (Å²) in [7, 11) is 1.51. The van der Waals surface area contributed by atoms with Crippen LogP contribution in [0.15, 0.2) is 60.8 Å². The molecule has 9 heteroatoms. The summed E-state index contributed by atoms with van der Waals surface area (Å²) in [6.45, 7) is 1.61. The molecule has 6 nitrogen and oxygen atoms in total. The second kappa shape index (κ2) is 10.2. The van der Waals surface area contributed by atoms with Gasteiger partial charge in [-0.3, -0.25) is 14.6 Å². The minimum absolute atomic E-state index is 0.0369. The number of amides is 2. The first-order valence-corrected chi connectivity index (χ1v) is 10.1. The van der Waals surface area contributed by atoms with Crippen molar-refractivity contribution in [3.8, 4) is 11.5 Å². The number of alkyl halides is 3. The molecule has 0 aliphatic rings. The lowest BCUT2D eigenvalue weighted by atomic mass is 10.0. The number of nitrogens with zero attached hydrogens (tertiary/aromatic N) is 1. The normalized spacial score (nSPS) is 11.1. The third kappa shape index (κ3) is 6.31. The Hall–Kier alpha value is -3.88. The summed E-state index contributed by atoms with van der Waals surface area (Å²) in [5.41, 5.74) is 0.354. The van der Waals surface area contributed by atoms with E-state index in [-0.39, 0.29) is 29.3 Å². The van der Waals surface area contributed by atoms with E-state index < -0.39 is 17.6 Å². The summed E-state index contributed by atoms with van der Waals surface area (Å²) >= 11 is 0. The second-order valence-corrected chi connectivity index (χ2v) is 7.24. The van der Waals surface area contributed by atoms with Crippen molar-refractivity contribution in [3.05, 3.63) is 88.7 Å². The van der Waals surface area contributed by atoms with Gasteiger partial charge >= 0.3 is 6.18 Å². The van der Waals surface area contributed by atoms with Crippen molar-refractivity contribution in [2.24, 2.45) is 0 Å². The van der Waals surface area contributed by atoms with Gasteiger partial charge in [0.2, 0.25) is 0 Å². The number of nitrogens with one attached hydrogen (secondary N) is 2. The van der Waals surface area contributed by atoms with Gasteiger partial charge in [-0.15, -0.1) is 0 Å². The fourth-order valence-corrected chi connectivity index (χ4v) is 3.08. The van der Waals surface area contributed by atoms with Crippen molar-refractivity contribution >= 4 is 11.8 Å². The Labute approximate surface area is 188 Å². The number of halogens is 3. The smallest absolute Gasteiger partial charge is 0.416 e. The molecule has 1 heterocycles. The molecule has 0 bridgehead atoms. The van der Waals surface area contributed by atoms with Gasteiger partial charge in [-0.1, -0.05) is 18.2 Å². The predicted molar refractivity (Wildman–Crippen MR) is 116 cm³/mol.